The normalized spacial score (nSPS) is 17.3. The van der Waals surface area contributed by atoms with Gasteiger partial charge in [-0.1, -0.05) is 45.9 Å². The number of nitrogens with one attached hydrogen (secondary N) is 2. The molecule has 1 saturated heterocycles. The Morgan fingerprint density at radius 2 is 1.83 bits per heavy atom. The van der Waals surface area contributed by atoms with Crippen molar-refractivity contribution < 1.29 is 14.4 Å². The molecule has 2 aromatic rings. The van der Waals surface area contributed by atoms with Gasteiger partial charge in [0.1, 0.15) is 16.7 Å². The maximum atomic E-state index is 13.1. The number of amides is 3. The van der Waals surface area contributed by atoms with Crippen molar-refractivity contribution in [3.8, 4) is 6.07 Å². The van der Waals surface area contributed by atoms with E-state index in [-0.39, 0.29) is 28.8 Å². The number of hydrogen-bond acceptors (Lipinski definition) is 5. The molecule has 1 aliphatic heterocycles. The minimum Gasteiger partial charge on any atom is -0.354 e. The molecule has 1 unspecified atom stereocenters. The van der Waals surface area contributed by atoms with Crippen LogP contribution in [-0.4, -0.2) is 30.0 Å². The fraction of sp³-hybridized carbons (Fsp3) is 0.143. The Balaban J connectivity index is 1.88. The van der Waals surface area contributed by atoms with Crippen molar-refractivity contribution >= 4 is 56.8 Å². The quantitative estimate of drug-likeness (QED) is 0.499. The monoisotopic (exact) mass is 484 g/mol. The highest BCUT2D eigenvalue weighted by atomic mass is 79.9. The van der Waals surface area contributed by atoms with Crippen molar-refractivity contribution in [2.45, 2.75) is 11.7 Å². The van der Waals surface area contributed by atoms with Crippen LogP contribution in [0.5, 0.6) is 0 Å². The maximum Gasteiger partial charge on any atom is 0.264 e. The highest BCUT2D eigenvalue weighted by Gasteiger charge is 2.41. The van der Waals surface area contributed by atoms with Crippen LogP contribution in [0.25, 0.3) is 0 Å². The molecule has 0 saturated carbocycles. The number of thioether (sulfide) groups is 1. The molecular weight excluding hydrogens is 468 g/mol. The van der Waals surface area contributed by atoms with E-state index in [0.717, 1.165) is 16.2 Å². The van der Waals surface area contributed by atoms with Crippen LogP contribution in [-0.2, 0) is 14.4 Å². The molecule has 9 heteroatoms. The number of hydrogen-bond donors (Lipinski definition) is 2. The van der Waals surface area contributed by atoms with Crippen LogP contribution in [0.15, 0.2) is 69.7 Å². The third kappa shape index (κ3) is 4.72. The Hall–Kier alpha value is -3.09. The zero-order chi connectivity index (χ0) is 21.7. The molecule has 3 amide bonds. The number of nitriles is 1. The lowest BCUT2D eigenvalue weighted by Gasteiger charge is -2.18. The van der Waals surface area contributed by atoms with Crippen molar-refractivity contribution in [2.24, 2.45) is 0 Å². The number of carbonyl (C=O) groups excluding carboxylic acids is 3. The lowest BCUT2D eigenvalue weighted by Crippen LogP contribution is -2.32. The van der Waals surface area contributed by atoms with Crippen LogP contribution in [0.4, 0.5) is 11.4 Å². The highest BCUT2D eigenvalue weighted by Crippen LogP contribution is 2.41. The Morgan fingerprint density at radius 1 is 1.17 bits per heavy atom. The molecule has 3 rings (SSSR count). The second-order valence-electron chi connectivity index (χ2n) is 6.25. The van der Waals surface area contributed by atoms with Crippen LogP contribution in [0, 0.1) is 11.3 Å². The minimum absolute atomic E-state index is 0.0984. The van der Waals surface area contributed by atoms with Gasteiger partial charge in [0.2, 0.25) is 11.8 Å². The number of rotatable bonds is 5. The second-order valence-corrected chi connectivity index (χ2v) is 8.35. The third-order valence-corrected chi connectivity index (χ3v) is 6.04. The summed E-state index contributed by atoms with van der Waals surface area (Å²) in [5.74, 6) is -1.28. The van der Waals surface area contributed by atoms with E-state index in [0.29, 0.717) is 11.4 Å². The summed E-state index contributed by atoms with van der Waals surface area (Å²) in [7, 11) is 1.41. The first kappa shape index (κ1) is 21.6. The zero-order valence-electron chi connectivity index (χ0n) is 15.9. The average molecular weight is 485 g/mol. The lowest BCUT2D eigenvalue weighted by molar-refractivity contribution is -0.121. The van der Waals surface area contributed by atoms with E-state index in [1.54, 1.807) is 54.6 Å². The van der Waals surface area contributed by atoms with Gasteiger partial charge < -0.3 is 10.6 Å². The molecule has 0 radical (unpaired) electrons. The predicted molar refractivity (Wildman–Crippen MR) is 119 cm³/mol. The standard InChI is InChI=1S/C21H17BrN4O3S/c1-24-19(28)16(12-23)21-26(15-5-3-2-4-6-15)20(29)17(30-21)11-18(27)25-14-9-7-13(22)8-10-14/h2-10,17H,11H2,1H3,(H,24,28)(H,25,27). The van der Waals surface area contributed by atoms with Gasteiger partial charge in [0.15, 0.2) is 0 Å². The number of anilines is 2. The van der Waals surface area contributed by atoms with Gasteiger partial charge >= 0.3 is 0 Å². The van der Waals surface area contributed by atoms with E-state index in [4.69, 9.17) is 0 Å². The molecule has 7 nitrogen and oxygen atoms in total. The molecule has 0 bridgehead atoms. The number of halogens is 1. The van der Waals surface area contributed by atoms with Gasteiger partial charge in [0, 0.05) is 29.3 Å². The molecule has 1 fully saturated rings. The van der Waals surface area contributed by atoms with E-state index >= 15 is 0 Å². The molecule has 0 spiro atoms. The average Bonchev–Trinajstić information content (AvgIpc) is 3.06. The van der Waals surface area contributed by atoms with Gasteiger partial charge in [-0.2, -0.15) is 5.26 Å². The molecule has 1 atom stereocenters. The summed E-state index contributed by atoms with van der Waals surface area (Å²) in [4.78, 5) is 39.1. The Morgan fingerprint density at radius 3 is 2.43 bits per heavy atom. The summed E-state index contributed by atoms with van der Waals surface area (Å²) in [6, 6.07) is 17.7. The van der Waals surface area contributed by atoms with E-state index in [1.807, 2.05) is 6.07 Å². The molecule has 1 aliphatic rings. The van der Waals surface area contributed by atoms with Gasteiger partial charge in [-0.25, -0.2) is 0 Å². The Kier molecular flexibility index (Phi) is 6.92. The highest BCUT2D eigenvalue weighted by molar-refractivity contribution is 9.10. The molecule has 30 heavy (non-hydrogen) atoms. The summed E-state index contributed by atoms with van der Waals surface area (Å²) in [5.41, 5.74) is 0.963. The fourth-order valence-electron chi connectivity index (χ4n) is 2.84. The lowest BCUT2D eigenvalue weighted by atomic mass is 10.2. The number of carbonyl (C=O) groups is 3. The van der Waals surface area contributed by atoms with E-state index in [9.17, 15) is 19.6 Å². The second kappa shape index (κ2) is 9.61. The fourth-order valence-corrected chi connectivity index (χ4v) is 4.37. The SMILES string of the molecule is CNC(=O)C(C#N)=C1SC(CC(=O)Nc2ccc(Br)cc2)C(=O)N1c1ccccc1. The Bertz CT molecular complexity index is 1050. The molecule has 152 valence electrons. The van der Waals surface area contributed by atoms with Gasteiger partial charge in [-0.05, 0) is 36.4 Å². The van der Waals surface area contributed by atoms with Crippen molar-refractivity contribution in [1.82, 2.24) is 5.32 Å². The van der Waals surface area contributed by atoms with Crippen LogP contribution >= 0.6 is 27.7 Å². The number of para-hydroxylation sites is 1. The summed E-state index contributed by atoms with van der Waals surface area (Å²) in [5, 5.41) is 14.2. The number of benzene rings is 2. The van der Waals surface area contributed by atoms with Crippen molar-refractivity contribution in [3.05, 3.63) is 69.7 Å². The van der Waals surface area contributed by atoms with Crippen LogP contribution < -0.4 is 15.5 Å². The number of nitrogens with zero attached hydrogens (tertiary/aromatic N) is 2. The van der Waals surface area contributed by atoms with Gasteiger partial charge in [0.25, 0.3) is 5.91 Å². The Labute approximate surface area is 186 Å². The molecule has 0 aliphatic carbocycles. The summed E-state index contributed by atoms with van der Waals surface area (Å²) in [6.45, 7) is 0. The summed E-state index contributed by atoms with van der Waals surface area (Å²) in [6.07, 6.45) is -0.0984. The van der Waals surface area contributed by atoms with Crippen LogP contribution in [0.3, 0.4) is 0 Å². The third-order valence-electron chi connectivity index (χ3n) is 4.25. The molecular formula is C21H17BrN4O3S. The van der Waals surface area contributed by atoms with Crippen molar-refractivity contribution in [1.29, 1.82) is 5.26 Å². The van der Waals surface area contributed by atoms with Crippen LogP contribution in [0.1, 0.15) is 6.42 Å². The summed E-state index contributed by atoms with van der Waals surface area (Å²) >= 11 is 4.38. The van der Waals surface area contributed by atoms with E-state index in [2.05, 4.69) is 26.6 Å². The van der Waals surface area contributed by atoms with Gasteiger partial charge in [-0.3, -0.25) is 19.3 Å². The minimum atomic E-state index is -0.760. The molecule has 2 aromatic carbocycles. The largest absolute Gasteiger partial charge is 0.354 e. The first-order valence-electron chi connectivity index (χ1n) is 8.92. The first-order valence-corrected chi connectivity index (χ1v) is 10.6. The number of likely N-dealkylation sites (N-methyl/N-ethyl adjacent to an activating group) is 1. The molecule has 2 N–H and O–H groups in total. The van der Waals surface area contributed by atoms with Crippen molar-refractivity contribution in [2.75, 3.05) is 17.3 Å². The predicted octanol–water partition coefficient (Wildman–Crippen LogP) is 3.41. The van der Waals surface area contributed by atoms with Gasteiger partial charge in [-0.15, -0.1) is 0 Å². The van der Waals surface area contributed by atoms with Crippen molar-refractivity contribution in [3.63, 3.8) is 0 Å². The zero-order valence-corrected chi connectivity index (χ0v) is 18.3. The van der Waals surface area contributed by atoms with Crippen LogP contribution in [0.2, 0.25) is 0 Å². The maximum absolute atomic E-state index is 13.1. The molecule has 1 heterocycles. The smallest absolute Gasteiger partial charge is 0.264 e. The molecule has 0 aromatic heterocycles. The topological polar surface area (TPSA) is 102 Å². The van der Waals surface area contributed by atoms with Gasteiger partial charge in [0.05, 0.1) is 5.25 Å². The summed E-state index contributed by atoms with van der Waals surface area (Å²) < 4.78 is 0.883. The van der Waals surface area contributed by atoms with E-state index < -0.39 is 11.2 Å². The first-order chi connectivity index (χ1) is 14.4. The van der Waals surface area contributed by atoms with E-state index in [1.165, 1.54) is 11.9 Å².